The van der Waals surface area contributed by atoms with Crippen LogP contribution in [0.15, 0.2) is 48.7 Å². The number of pyridine rings is 1. The standard InChI is InChI=1S/C20H19F3N4O2/c1-13-17(14(2)27(26-13)16-6-4-3-5-7-16)11-25-19(28)15-8-9-18(24-10-15)29-12-20(21,22)23/h3-10H,11-12H2,1-2H3,(H,25,28). The van der Waals surface area contributed by atoms with Gasteiger partial charge in [0.2, 0.25) is 5.88 Å². The van der Waals surface area contributed by atoms with Crippen molar-refractivity contribution in [3.05, 3.63) is 71.2 Å². The normalized spacial score (nSPS) is 11.3. The van der Waals surface area contributed by atoms with Gasteiger partial charge in [-0.2, -0.15) is 18.3 Å². The highest BCUT2D eigenvalue weighted by Crippen LogP contribution is 2.19. The van der Waals surface area contributed by atoms with Crippen molar-refractivity contribution in [2.24, 2.45) is 0 Å². The van der Waals surface area contributed by atoms with Gasteiger partial charge in [-0.05, 0) is 32.0 Å². The lowest BCUT2D eigenvalue weighted by Gasteiger charge is -2.09. The zero-order chi connectivity index (χ0) is 21.0. The van der Waals surface area contributed by atoms with Crippen LogP contribution in [0, 0.1) is 13.8 Å². The topological polar surface area (TPSA) is 69.0 Å². The summed E-state index contributed by atoms with van der Waals surface area (Å²) in [7, 11) is 0. The van der Waals surface area contributed by atoms with Crippen LogP contribution in [0.3, 0.4) is 0 Å². The monoisotopic (exact) mass is 404 g/mol. The lowest BCUT2D eigenvalue weighted by Crippen LogP contribution is -2.24. The Bertz CT molecular complexity index is 983. The molecule has 1 N–H and O–H groups in total. The molecule has 0 radical (unpaired) electrons. The number of hydrogen-bond donors (Lipinski definition) is 1. The molecule has 0 aliphatic heterocycles. The maximum Gasteiger partial charge on any atom is 0.422 e. The van der Waals surface area contributed by atoms with Crippen LogP contribution in [-0.4, -0.2) is 33.5 Å². The molecule has 0 aliphatic carbocycles. The van der Waals surface area contributed by atoms with Gasteiger partial charge in [-0.15, -0.1) is 0 Å². The zero-order valence-electron chi connectivity index (χ0n) is 15.8. The highest BCUT2D eigenvalue weighted by Gasteiger charge is 2.28. The van der Waals surface area contributed by atoms with Crippen molar-refractivity contribution in [1.29, 1.82) is 0 Å². The van der Waals surface area contributed by atoms with E-state index in [1.165, 1.54) is 18.3 Å². The van der Waals surface area contributed by atoms with E-state index in [1.807, 2.05) is 48.9 Å². The number of aromatic nitrogens is 3. The Labute approximate surface area is 165 Å². The van der Waals surface area contributed by atoms with Gasteiger partial charge in [0, 0.05) is 30.1 Å². The van der Waals surface area contributed by atoms with Crippen molar-refractivity contribution in [2.45, 2.75) is 26.6 Å². The minimum absolute atomic E-state index is 0.199. The fraction of sp³-hybridized carbons (Fsp3) is 0.250. The van der Waals surface area contributed by atoms with Gasteiger partial charge < -0.3 is 10.1 Å². The van der Waals surface area contributed by atoms with E-state index in [4.69, 9.17) is 0 Å². The highest BCUT2D eigenvalue weighted by molar-refractivity contribution is 5.93. The number of rotatable bonds is 6. The Hall–Kier alpha value is -3.36. The molecule has 2 heterocycles. The number of benzene rings is 1. The summed E-state index contributed by atoms with van der Waals surface area (Å²) in [4.78, 5) is 16.1. The molecule has 0 fully saturated rings. The number of nitrogens with zero attached hydrogens (tertiary/aromatic N) is 3. The summed E-state index contributed by atoms with van der Waals surface area (Å²) >= 11 is 0. The average molecular weight is 404 g/mol. The molecule has 0 saturated heterocycles. The number of halogens is 3. The van der Waals surface area contributed by atoms with Crippen molar-refractivity contribution < 1.29 is 22.7 Å². The van der Waals surface area contributed by atoms with Gasteiger partial charge in [-0.1, -0.05) is 18.2 Å². The summed E-state index contributed by atoms with van der Waals surface area (Å²) in [6.07, 6.45) is -3.27. The maximum atomic E-state index is 12.3. The van der Waals surface area contributed by atoms with E-state index in [-0.39, 0.29) is 18.0 Å². The van der Waals surface area contributed by atoms with E-state index in [0.29, 0.717) is 0 Å². The molecule has 6 nitrogen and oxygen atoms in total. The second-order valence-corrected chi connectivity index (χ2v) is 6.37. The third-order valence-electron chi connectivity index (χ3n) is 4.25. The lowest BCUT2D eigenvalue weighted by molar-refractivity contribution is -0.154. The number of carbonyl (C=O) groups is 1. The Morgan fingerprint density at radius 1 is 1.14 bits per heavy atom. The smallest absolute Gasteiger partial charge is 0.422 e. The summed E-state index contributed by atoms with van der Waals surface area (Å²) in [6.45, 7) is 2.61. The van der Waals surface area contributed by atoms with E-state index in [9.17, 15) is 18.0 Å². The quantitative estimate of drug-likeness (QED) is 0.679. The van der Waals surface area contributed by atoms with Gasteiger partial charge in [-0.3, -0.25) is 4.79 Å². The lowest BCUT2D eigenvalue weighted by atomic mass is 10.2. The largest absolute Gasteiger partial charge is 0.468 e. The summed E-state index contributed by atoms with van der Waals surface area (Å²) in [5, 5.41) is 7.31. The number of carbonyl (C=O) groups excluding carboxylic acids is 1. The van der Waals surface area contributed by atoms with E-state index >= 15 is 0 Å². The van der Waals surface area contributed by atoms with E-state index in [1.54, 1.807) is 0 Å². The molecular formula is C20H19F3N4O2. The summed E-state index contributed by atoms with van der Waals surface area (Å²) in [6, 6.07) is 12.2. The molecule has 9 heteroatoms. The second-order valence-electron chi connectivity index (χ2n) is 6.37. The molecule has 0 aliphatic rings. The molecule has 29 heavy (non-hydrogen) atoms. The fourth-order valence-corrected chi connectivity index (χ4v) is 2.78. The van der Waals surface area contributed by atoms with Crippen LogP contribution in [0.1, 0.15) is 27.3 Å². The first-order valence-corrected chi connectivity index (χ1v) is 8.79. The van der Waals surface area contributed by atoms with Gasteiger partial charge in [0.15, 0.2) is 6.61 Å². The Morgan fingerprint density at radius 2 is 1.86 bits per heavy atom. The molecule has 2 aromatic heterocycles. The molecule has 0 unspecified atom stereocenters. The fourth-order valence-electron chi connectivity index (χ4n) is 2.78. The van der Waals surface area contributed by atoms with E-state index < -0.39 is 18.7 Å². The molecule has 0 spiro atoms. The third kappa shape index (κ3) is 5.13. The van der Waals surface area contributed by atoms with Crippen LogP contribution >= 0.6 is 0 Å². The van der Waals surface area contributed by atoms with Crippen LogP contribution < -0.4 is 10.1 Å². The number of nitrogens with one attached hydrogen (secondary N) is 1. The second kappa shape index (κ2) is 8.34. The van der Waals surface area contributed by atoms with Crippen LogP contribution in [0.5, 0.6) is 5.88 Å². The summed E-state index contributed by atoms with van der Waals surface area (Å²) < 4.78 is 42.8. The number of aryl methyl sites for hydroxylation is 1. The first-order valence-electron chi connectivity index (χ1n) is 8.79. The number of para-hydroxylation sites is 1. The van der Waals surface area contributed by atoms with Gasteiger partial charge >= 0.3 is 6.18 Å². The van der Waals surface area contributed by atoms with Crippen molar-refractivity contribution in [2.75, 3.05) is 6.61 Å². The van der Waals surface area contributed by atoms with Crippen molar-refractivity contribution in [3.8, 4) is 11.6 Å². The van der Waals surface area contributed by atoms with E-state index in [0.717, 1.165) is 22.6 Å². The number of amides is 1. The summed E-state index contributed by atoms with van der Waals surface area (Å²) in [5.74, 6) is -0.596. The van der Waals surface area contributed by atoms with Crippen molar-refractivity contribution in [1.82, 2.24) is 20.1 Å². The van der Waals surface area contributed by atoms with E-state index in [2.05, 4.69) is 20.1 Å². The van der Waals surface area contributed by atoms with Gasteiger partial charge in [0.25, 0.3) is 5.91 Å². The molecule has 1 amide bonds. The predicted molar refractivity (Wildman–Crippen MR) is 100.0 cm³/mol. The molecule has 0 bridgehead atoms. The Kier molecular flexibility index (Phi) is 5.86. The van der Waals surface area contributed by atoms with Crippen molar-refractivity contribution in [3.63, 3.8) is 0 Å². The molecular weight excluding hydrogens is 385 g/mol. The number of alkyl halides is 3. The molecule has 152 valence electrons. The maximum absolute atomic E-state index is 12.3. The Morgan fingerprint density at radius 3 is 2.48 bits per heavy atom. The summed E-state index contributed by atoms with van der Waals surface area (Å²) in [5.41, 5.74) is 3.73. The molecule has 0 atom stereocenters. The van der Waals surface area contributed by atoms with Gasteiger partial charge in [0.1, 0.15) is 0 Å². The minimum atomic E-state index is -4.45. The molecule has 3 rings (SSSR count). The highest BCUT2D eigenvalue weighted by atomic mass is 19.4. The van der Waals surface area contributed by atoms with Crippen LogP contribution in [0.4, 0.5) is 13.2 Å². The average Bonchev–Trinajstić information content (AvgIpc) is 2.99. The first-order chi connectivity index (χ1) is 13.7. The predicted octanol–water partition coefficient (Wildman–Crippen LogP) is 3.76. The van der Waals surface area contributed by atoms with Crippen LogP contribution in [0.25, 0.3) is 5.69 Å². The van der Waals surface area contributed by atoms with Gasteiger partial charge in [-0.25, -0.2) is 9.67 Å². The molecule has 1 aromatic carbocycles. The third-order valence-corrected chi connectivity index (χ3v) is 4.25. The number of ether oxygens (including phenoxy) is 1. The minimum Gasteiger partial charge on any atom is -0.468 e. The van der Waals surface area contributed by atoms with Crippen molar-refractivity contribution >= 4 is 5.91 Å². The van der Waals surface area contributed by atoms with Crippen LogP contribution in [-0.2, 0) is 6.54 Å². The first kappa shape index (κ1) is 20.4. The zero-order valence-corrected chi connectivity index (χ0v) is 15.8. The number of hydrogen-bond acceptors (Lipinski definition) is 4. The molecule has 0 saturated carbocycles. The van der Waals surface area contributed by atoms with Crippen LogP contribution in [0.2, 0.25) is 0 Å². The Balaban J connectivity index is 1.64. The SMILES string of the molecule is Cc1nn(-c2ccccc2)c(C)c1CNC(=O)c1ccc(OCC(F)(F)F)nc1. The molecule has 3 aromatic rings. The van der Waals surface area contributed by atoms with Gasteiger partial charge in [0.05, 0.1) is 16.9 Å².